The van der Waals surface area contributed by atoms with E-state index < -0.39 is 28.9 Å². The van der Waals surface area contributed by atoms with E-state index in [2.05, 4.69) is 15.8 Å². The Morgan fingerprint density at radius 2 is 1.86 bits per heavy atom. The molecule has 0 radical (unpaired) electrons. The number of carbonyl (C=O) groups is 1. The molecule has 0 spiro atoms. The fraction of sp³-hybridized carbons (Fsp3) is 0.360. The number of anilines is 2. The van der Waals surface area contributed by atoms with Gasteiger partial charge in [0, 0.05) is 32.4 Å². The normalized spacial score (nSPS) is 18.0. The monoisotopic (exact) mass is 519 g/mol. The summed E-state index contributed by atoms with van der Waals surface area (Å²) in [5.74, 6) is -1.22. The zero-order valence-electron chi connectivity index (χ0n) is 20.2. The third-order valence-electron chi connectivity index (χ3n) is 6.72. The van der Waals surface area contributed by atoms with Gasteiger partial charge >= 0.3 is 6.18 Å². The summed E-state index contributed by atoms with van der Waals surface area (Å²) in [6.07, 6.45) is -3.17. The van der Waals surface area contributed by atoms with Crippen LogP contribution in [0.15, 0.2) is 41.3 Å². The number of benzene rings is 2. The number of ether oxygens (including phenoxy) is 1. The van der Waals surface area contributed by atoms with E-state index in [1.54, 1.807) is 4.57 Å². The molecule has 0 aliphatic carbocycles. The van der Waals surface area contributed by atoms with E-state index >= 15 is 4.39 Å². The highest BCUT2D eigenvalue weighted by atomic mass is 19.4. The average molecular weight is 519 g/mol. The molecule has 1 fully saturated rings. The minimum Gasteiger partial charge on any atom is -0.487 e. The van der Waals surface area contributed by atoms with Crippen molar-refractivity contribution in [1.29, 1.82) is 0 Å². The summed E-state index contributed by atoms with van der Waals surface area (Å²) >= 11 is 0. The van der Waals surface area contributed by atoms with Crippen molar-refractivity contribution >= 4 is 28.2 Å². The summed E-state index contributed by atoms with van der Waals surface area (Å²) in [4.78, 5) is 30.3. The minimum absolute atomic E-state index is 0.0105. The summed E-state index contributed by atoms with van der Waals surface area (Å²) < 4.78 is 62.0. The number of hydrogen-bond acceptors (Lipinski definition) is 6. The first-order chi connectivity index (χ1) is 17.5. The van der Waals surface area contributed by atoms with Crippen molar-refractivity contribution in [1.82, 2.24) is 14.9 Å². The quantitative estimate of drug-likeness (QED) is 0.405. The fourth-order valence-electron chi connectivity index (χ4n) is 4.67. The van der Waals surface area contributed by atoms with E-state index in [1.165, 1.54) is 18.3 Å². The van der Waals surface area contributed by atoms with Gasteiger partial charge in [0.25, 0.3) is 5.91 Å². The number of nitrogens with zero attached hydrogens (tertiary/aromatic N) is 3. The maximum atomic E-state index is 15.4. The number of aromatic nitrogens is 1. The summed E-state index contributed by atoms with van der Waals surface area (Å²) in [5, 5.41) is -0.0105. The lowest BCUT2D eigenvalue weighted by Gasteiger charge is -2.37. The lowest BCUT2D eigenvalue weighted by Crippen LogP contribution is -2.45. The van der Waals surface area contributed by atoms with Crippen molar-refractivity contribution in [2.45, 2.75) is 19.1 Å². The van der Waals surface area contributed by atoms with Gasteiger partial charge < -0.3 is 19.1 Å². The Hall–Kier alpha value is -3.80. The van der Waals surface area contributed by atoms with Gasteiger partial charge in [-0.15, -0.1) is 0 Å². The lowest BCUT2D eigenvalue weighted by atomic mass is 10.0. The second-order valence-corrected chi connectivity index (χ2v) is 9.32. The first-order valence-corrected chi connectivity index (χ1v) is 11.8. The Morgan fingerprint density at radius 3 is 2.57 bits per heavy atom. The second kappa shape index (κ2) is 9.25. The second-order valence-electron chi connectivity index (χ2n) is 9.32. The molecular weight excluding hydrogens is 494 g/mol. The highest BCUT2D eigenvalue weighted by Crippen LogP contribution is 2.42. The van der Waals surface area contributed by atoms with Crippen molar-refractivity contribution in [3.63, 3.8) is 0 Å². The van der Waals surface area contributed by atoms with Gasteiger partial charge in [0.2, 0.25) is 5.43 Å². The third kappa shape index (κ3) is 4.57. The van der Waals surface area contributed by atoms with Crippen LogP contribution in [0.25, 0.3) is 10.9 Å². The number of hydrogen-bond donors (Lipinski definition) is 2. The number of alkyl halides is 3. The van der Waals surface area contributed by atoms with Gasteiger partial charge in [0.15, 0.2) is 11.6 Å². The molecule has 0 unspecified atom stereocenters. The lowest BCUT2D eigenvalue weighted by molar-refractivity contribution is -0.137. The first kappa shape index (κ1) is 24.9. The molecular formula is C25H25F4N5O3. The number of likely N-dealkylation sites (N-methyl/N-ethyl adjacent to an activating group) is 1. The van der Waals surface area contributed by atoms with Crippen LogP contribution in [0.4, 0.5) is 28.9 Å². The fourth-order valence-corrected chi connectivity index (χ4v) is 4.67. The third-order valence-corrected chi connectivity index (χ3v) is 6.72. The van der Waals surface area contributed by atoms with E-state index in [1.807, 2.05) is 18.9 Å². The molecule has 3 heterocycles. The molecule has 12 heteroatoms. The molecule has 1 saturated heterocycles. The van der Waals surface area contributed by atoms with Crippen LogP contribution in [-0.4, -0.2) is 55.2 Å². The molecule has 0 bridgehead atoms. The van der Waals surface area contributed by atoms with E-state index in [0.29, 0.717) is 24.3 Å². The molecule has 3 aromatic rings. The van der Waals surface area contributed by atoms with E-state index in [-0.39, 0.29) is 35.0 Å². The molecule has 8 nitrogen and oxygen atoms in total. The summed E-state index contributed by atoms with van der Waals surface area (Å²) in [6.45, 7) is 4.73. The van der Waals surface area contributed by atoms with Gasteiger partial charge in [0.05, 0.1) is 28.2 Å². The number of hydrazine groups is 1. The van der Waals surface area contributed by atoms with Gasteiger partial charge in [0.1, 0.15) is 17.9 Å². The van der Waals surface area contributed by atoms with Crippen LogP contribution in [0.5, 0.6) is 5.75 Å². The van der Waals surface area contributed by atoms with Crippen molar-refractivity contribution in [3.8, 4) is 5.75 Å². The number of halogens is 4. The summed E-state index contributed by atoms with van der Waals surface area (Å²) in [6, 6.07) is 5.13. The van der Waals surface area contributed by atoms with Crippen molar-refractivity contribution < 1.29 is 27.1 Å². The van der Waals surface area contributed by atoms with E-state index in [0.717, 1.165) is 31.3 Å². The van der Waals surface area contributed by atoms with E-state index in [9.17, 15) is 22.8 Å². The molecule has 5 rings (SSSR count). The number of nitrogens with one attached hydrogen (secondary N) is 2. The molecule has 2 N–H and O–H groups in total. The molecule has 1 amide bonds. The standard InChI is InChI=1S/C25H25F4N5O3/c1-14-13-37-23-20-17(11-19(26)21(23)33-8-6-32(2)7-9-33)22(35)18(12-34(14)20)24(36)31-30-16-5-3-4-15(10-16)25(27,28)29/h3-5,10-12,14,30H,6-9,13H2,1-2H3,(H,31,36)/t14-/m0/s1. The van der Waals surface area contributed by atoms with Crippen LogP contribution in [0.3, 0.4) is 0 Å². The highest BCUT2D eigenvalue weighted by Gasteiger charge is 2.32. The minimum atomic E-state index is -4.55. The zero-order chi connectivity index (χ0) is 26.5. The largest absolute Gasteiger partial charge is 0.487 e. The van der Waals surface area contributed by atoms with Crippen molar-refractivity contribution in [2.24, 2.45) is 0 Å². The first-order valence-electron chi connectivity index (χ1n) is 11.8. The molecule has 37 heavy (non-hydrogen) atoms. The van der Waals surface area contributed by atoms with Crippen LogP contribution < -0.4 is 25.9 Å². The van der Waals surface area contributed by atoms with Gasteiger partial charge in [-0.25, -0.2) is 4.39 Å². The molecule has 1 atom stereocenters. The maximum absolute atomic E-state index is 15.4. The van der Waals surface area contributed by atoms with Gasteiger partial charge in [-0.05, 0) is 38.2 Å². The van der Waals surface area contributed by atoms with E-state index in [4.69, 9.17) is 4.74 Å². The number of amides is 1. The smallest absolute Gasteiger partial charge is 0.416 e. The molecule has 2 aliphatic heterocycles. The Bertz CT molecular complexity index is 1430. The zero-order valence-corrected chi connectivity index (χ0v) is 20.2. The van der Waals surface area contributed by atoms with Crippen LogP contribution in [-0.2, 0) is 6.18 Å². The Balaban J connectivity index is 1.51. The number of pyridine rings is 1. The van der Waals surface area contributed by atoms with Crippen molar-refractivity contribution in [3.05, 3.63) is 63.7 Å². The number of piperazine rings is 1. The average Bonchev–Trinajstić information content (AvgIpc) is 2.86. The molecule has 1 aromatic heterocycles. The van der Waals surface area contributed by atoms with Gasteiger partial charge in [-0.1, -0.05) is 6.07 Å². The van der Waals surface area contributed by atoms with Crippen LogP contribution in [0.2, 0.25) is 0 Å². The van der Waals surface area contributed by atoms with Crippen LogP contribution in [0.1, 0.15) is 28.9 Å². The Labute approximate surface area is 209 Å². The summed E-state index contributed by atoms with van der Waals surface area (Å²) in [5.41, 5.74) is 3.49. The number of rotatable bonds is 4. The van der Waals surface area contributed by atoms with Crippen molar-refractivity contribution in [2.75, 3.05) is 50.2 Å². The molecule has 0 saturated carbocycles. The highest BCUT2D eigenvalue weighted by molar-refractivity contribution is 6.00. The molecule has 2 aliphatic rings. The Morgan fingerprint density at radius 1 is 1.14 bits per heavy atom. The van der Waals surface area contributed by atoms with Crippen LogP contribution >= 0.6 is 0 Å². The van der Waals surface area contributed by atoms with Crippen LogP contribution in [0, 0.1) is 5.82 Å². The number of carbonyl (C=O) groups excluding carboxylic acids is 1. The molecule has 196 valence electrons. The predicted octanol–water partition coefficient (Wildman–Crippen LogP) is 3.62. The summed E-state index contributed by atoms with van der Waals surface area (Å²) in [7, 11) is 1.99. The SMILES string of the molecule is C[C@H]1COc2c(N3CCN(C)CC3)c(F)cc3c(=O)c(C(=O)NNc4cccc(C(F)(F)F)c4)cn1c23. The predicted molar refractivity (Wildman–Crippen MR) is 131 cm³/mol. The maximum Gasteiger partial charge on any atom is 0.416 e. The molecule has 2 aromatic carbocycles. The Kier molecular flexibility index (Phi) is 6.22. The van der Waals surface area contributed by atoms with Gasteiger partial charge in [-0.2, -0.15) is 13.2 Å². The van der Waals surface area contributed by atoms with Gasteiger partial charge in [-0.3, -0.25) is 20.4 Å². The topological polar surface area (TPSA) is 78.8 Å².